The lowest BCUT2D eigenvalue weighted by molar-refractivity contribution is -0.123. The number of carboxylic acid groups (broad SMARTS) is 1. The third kappa shape index (κ3) is 6.82. The summed E-state index contributed by atoms with van der Waals surface area (Å²) >= 11 is 0. The number of benzene rings is 3. The number of nitrogens with one attached hydrogen (secondary N) is 2. The number of aromatic carboxylic acids is 1. The summed E-state index contributed by atoms with van der Waals surface area (Å²) in [5.74, 6) is -1.62. The van der Waals surface area contributed by atoms with Crippen LogP contribution in [0.3, 0.4) is 0 Å². The number of carbonyl (C=O) groups excluding carboxylic acids is 2. The van der Waals surface area contributed by atoms with Crippen LogP contribution in [0.25, 0.3) is 11.1 Å². The summed E-state index contributed by atoms with van der Waals surface area (Å²) in [7, 11) is 1.88. The number of nitrogens with zero attached hydrogens (tertiary/aromatic N) is 2. The first-order chi connectivity index (χ1) is 20.4. The number of hydrogen-bond donors (Lipinski definition) is 3. The lowest BCUT2D eigenvalue weighted by Crippen LogP contribution is -2.52. The maximum absolute atomic E-state index is 13.3. The van der Waals surface area contributed by atoms with Crippen molar-refractivity contribution in [1.82, 2.24) is 20.5 Å². The van der Waals surface area contributed by atoms with E-state index in [4.69, 9.17) is 9.84 Å². The first-order valence-corrected chi connectivity index (χ1v) is 13.7. The van der Waals surface area contributed by atoms with Crippen molar-refractivity contribution in [2.75, 3.05) is 20.2 Å². The first-order valence-electron chi connectivity index (χ1n) is 13.7. The highest BCUT2D eigenvalue weighted by atomic mass is 16.5. The Bertz CT molecular complexity index is 1510. The second kappa shape index (κ2) is 13.1. The normalized spacial score (nSPS) is 12.7. The van der Waals surface area contributed by atoms with Crippen molar-refractivity contribution in [3.63, 3.8) is 0 Å². The number of fused-ring (bicyclic) bond motifs is 3. The maximum atomic E-state index is 13.3. The van der Waals surface area contributed by atoms with Crippen molar-refractivity contribution < 1.29 is 24.2 Å². The quantitative estimate of drug-likeness (QED) is 0.246. The van der Waals surface area contributed by atoms with Gasteiger partial charge < -0.3 is 20.5 Å². The molecule has 1 aliphatic carbocycles. The zero-order valence-corrected chi connectivity index (χ0v) is 23.2. The van der Waals surface area contributed by atoms with E-state index in [1.165, 1.54) is 12.3 Å². The second-order valence-electron chi connectivity index (χ2n) is 10.3. The molecule has 1 atom stereocenters. The van der Waals surface area contributed by atoms with E-state index in [-0.39, 0.29) is 31.3 Å². The molecule has 3 N–H and O–H groups in total. The van der Waals surface area contributed by atoms with Crippen LogP contribution in [-0.4, -0.2) is 59.2 Å². The van der Waals surface area contributed by atoms with Gasteiger partial charge in [0.25, 0.3) is 0 Å². The first kappa shape index (κ1) is 28.5. The van der Waals surface area contributed by atoms with Crippen LogP contribution in [0.5, 0.6) is 0 Å². The third-order valence-corrected chi connectivity index (χ3v) is 7.25. The van der Waals surface area contributed by atoms with Crippen molar-refractivity contribution in [3.8, 4) is 11.1 Å². The molecule has 0 saturated carbocycles. The van der Waals surface area contributed by atoms with Gasteiger partial charge >= 0.3 is 12.1 Å². The van der Waals surface area contributed by atoms with Crippen LogP contribution in [-0.2, 0) is 22.6 Å². The molecule has 1 heterocycles. The highest BCUT2D eigenvalue weighted by Gasteiger charge is 2.30. The van der Waals surface area contributed by atoms with Gasteiger partial charge in [0.05, 0.1) is 0 Å². The number of rotatable bonds is 11. The Morgan fingerprint density at radius 2 is 1.52 bits per heavy atom. The number of hydrogen-bond acceptors (Lipinski definition) is 6. The minimum Gasteiger partial charge on any atom is -0.477 e. The number of ether oxygens (including phenoxy) is 1. The molecular weight excluding hydrogens is 532 g/mol. The van der Waals surface area contributed by atoms with E-state index in [2.05, 4.69) is 27.8 Å². The van der Waals surface area contributed by atoms with Crippen molar-refractivity contribution in [2.45, 2.75) is 25.0 Å². The summed E-state index contributed by atoms with van der Waals surface area (Å²) in [5, 5.41) is 14.6. The largest absolute Gasteiger partial charge is 0.477 e. The second-order valence-corrected chi connectivity index (χ2v) is 10.3. The van der Waals surface area contributed by atoms with Gasteiger partial charge in [-0.3, -0.25) is 9.69 Å². The average Bonchev–Trinajstić information content (AvgIpc) is 3.32. The Morgan fingerprint density at radius 3 is 2.14 bits per heavy atom. The summed E-state index contributed by atoms with van der Waals surface area (Å²) < 4.78 is 5.70. The van der Waals surface area contributed by atoms with E-state index in [1.54, 1.807) is 6.07 Å². The monoisotopic (exact) mass is 564 g/mol. The maximum Gasteiger partial charge on any atom is 0.407 e. The van der Waals surface area contributed by atoms with Gasteiger partial charge in [0.15, 0.2) is 0 Å². The summed E-state index contributed by atoms with van der Waals surface area (Å²) in [4.78, 5) is 43.3. The van der Waals surface area contributed by atoms with Gasteiger partial charge in [-0.1, -0.05) is 84.9 Å². The van der Waals surface area contributed by atoms with Crippen molar-refractivity contribution >= 4 is 18.0 Å². The number of carbonyl (C=O) groups is 3. The van der Waals surface area contributed by atoms with Crippen molar-refractivity contribution in [1.29, 1.82) is 0 Å². The predicted octanol–water partition coefficient (Wildman–Crippen LogP) is 4.44. The topological polar surface area (TPSA) is 121 Å². The van der Waals surface area contributed by atoms with Gasteiger partial charge in [-0.25, -0.2) is 14.6 Å². The Kier molecular flexibility index (Phi) is 8.89. The Hall–Kier alpha value is -5.02. The van der Waals surface area contributed by atoms with Crippen LogP contribution in [0.1, 0.15) is 38.7 Å². The molecule has 1 aliphatic rings. The molecule has 2 amide bonds. The van der Waals surface area contributed by atoms with Crippen molar-refractivity contribution in [2.24, 2.45) is 0 Å². The number of alkyl carbamates (subject to hydrolysis) is 1. The van der Waals surface area contributed by atoms with Gasteiger partial charge in [0.2, 0.25) is 5.91 Å². The van der Waals surface area contributed by atoms with Crippen LogP contribution in [0.4, 0.5) is 4.79 Å². The molecule has 0 radical (unpaired) electrons. The van der Waals surface area contributed by atoms with E-state index >= 15 is 0 Å². The Balaban J connectivity index is 1.24. The molecule has 0 fully saturated rings. The minimum absolute atomic E-state index is 0.0811. The molecule has 3 aromatic carbocycles. The SMILES string of the molecule is CN(Cc1ccccc1)CC(NC(=O)OCC1c2ccccc2-c2ccccc21)C(=O)NCc1ccc(C(=O)O)nc1. The molecule has 9 heteroatoms. The van der Waals surface area contributed by atoms with Crippen LogP contribution in [0, 0.1) is 0 Å². The summed E-state index contributed by atoms with van der Waals surface area (Å²) in [5.41, 5.74) is 6.09. The summed E-state index contributed by atoms with van der Waals surface area (Å²) in [6.07, 6.45) is 0.719. The minimum atomic E-state index is -1.13. The van der Waals surface area contributed by atoms with Crippen LogP contribution in [0.15, 0.2) is 97.2 Å². The molecule has 0 aliphatic heterocycles. The number of likely N-dealkylation sites (N-methyl/N-ethyl adjacent to an activating group) is 1. The fourth-order valence-corrected chi connectivity index (χ4v) is 5.22. The van der Waals surface area contributed by atoms with Crippen LogP contribution in [0.2, 0.25) is 0 Å². The lowest BCUT2D eigenvalue weighted by atomic mass is 9.98. The van der Waals surface area contributed by atoms with E-state index in [9.17, 15) is 14.4 Å². The molecule has 42 heavy (non-hydrogen) atoms. The molecule has 1 aromatic heterocycles. The highest BCUT2D eigenvalue weighted by Crippen LogP contribution is 2.44. The smallest absolute Gasteiger partial charge is 0.407 e. The van der Waals surface area contributed by atoms with E-state index < -0.39 is 24.0 Å². The highest BCUT2D eigenvalue weighted by molar-refractivity contribution is 5.86. The molecular formula is C33H32N4O5. The Labute approximate surface area is 244 Å². The standard InChI is InChI=1S/C33H32N4O5/c1-37(19-22-9-3-2-4-10-22)20-30(31(38)35-18-23-15-16-29(32(39)40)34-17-23)36-33(41)42-21-28-26-13-7-5-11-24(26)25-12-6-8-14-27(25)28/h2-17,28,30H,18-21H2,1H3,(H,35,38)(H,36,41)(H,39,40). The zero-order valence-electron chi connectivity index (χ0n) is 23.2. The zero-order chi connectivity index (χ0) is 29.5. The number of carboxylic acids is 1. The molecule has 214 valence electrons. The fraction of sp³-hybridized carbons (Fsp3) is 0.212. The molecule has 0 saturated heterocycles. The number of aromatic nitrogens is 1. The van der Waals surface area contributed by atoms with E-state index in [0.29, 0.717) is 12.1 Å². The lowest BCUT2D eigenvalue weighted by Gasteiger charge is -2.25. The predicted molar refractivity (Wildman–Crippen MR) is 158 cm³/mol. The number of amides is 2. The average molecular weight is 565 g/mol. The summed E-state index contributed by atoms with van der Waals surface area (Å²) in [6, 6.07) is 28.1. The van der Waals surface area contributed by atoms with Gasteiger partial charge in [-0.15, -0.1) is 0 Å². The molecule has 9 nitrogen and oxygen atoms in total. The van der Waals surface area contributed by atoms with Gasteiger partial charge in [-0.2, -0.15) is 0 Å². The molecule has 0 spiro atoms. The van der Waals surface area contributed by atoms with Crippen LogP contribution < -0.4 is 10.6 Å². The molecule has 5 rings (SSSR count). The van der Waals surface area contributed by atoms with Crippen molar-refractivity contribution in [3.05, 3.63) is 125 Å². The van der Waals surface area contributed by atoms with E-state index in [1.807, 2.05) is 78.7 Å². The van der Waals surface area contributed by atoms with Gasteiger partial charge in [0.1, 0.15) is 18.3 Å². The number of pyridine rings is 1. The molecule has 1 unspecified atom stereocenters. The summed E-state index contributed by atoms with van der Waals surface area (Å²) in [6.45, 7) is 1.07. The Morgan fingerprint density at radius 1 is 0.881 bits per heavy atom. The van der Waals surface area contributed by atoms with Gasteiger partial charge in [0, 0.05) is 31.7 Å². The van der Waals surface area contributed by atoms with E-state index in [0.717, 1.165) is 27.8 Å². The molecule has 4 aromatic rings. The van der Waals surface area contributed by atoms with Crippen LogP contribution >= 0.6 is 0 Å². The fourth-order valence-electron chi connectivity index (χ4n) is 5.22. The molecule has 0 bridgehead atoms. The third-order valence-electron chi connectivity index (χ3n) is 7.25. The van der Waals surface area contributed by atoms with Gasteiger partial charge in [-0.05, 0) is 46.5 Å².